The molecular formula is C27H25N5O. The molecule has 0 radical (unpaired) electrons. The van der Waals surface area contributed by atoms with E-state index in [0.717, 1.165) is 57.7 Å². The van der Waals surface area contributed by atoms with Crippen molar-refractivity contribution in [3.63, 3.8) is 0 Å². The third kappa shape index (κ3) is 4.00. The Balaban J connectivity index is 1.29. The lowest BCUT2D eigenvalue weighted by Gasteiger charge is -2.22. The molecule has 0 aliphatic heterocycles. The molecule has 0 unspecified atom stereocenters. The molecule has 1 fully saturated rings. The first kappa shape index (κ1) is 19.7. The van der Waals surface area contributed by atoms with E-state index in [1.807, 2.05) is 36.8 Å². The van der Waals surface area contributed by atoms with Crippen LogP contribution in [-0.2, 0) is 0 Å². The summed E-state index contributed by atoms with van der Waals surface area (Å²) in [6, 6.07) is 16.6. The maximum absolute atomic E-state index is 6.20. The highest BCUT2D eigenvalue weighted by Gasteiger charge is 2.16. The zero-order valence-electron chi connectivity index (χ0n) is 18.3. The van der Waals surface area contributed by atoms with Gasteiger partial charge >= 0.3 is 0 Å². The minimum absolute atomic E-state index is 0.300. The van der Waals surface area contributed by atoms with Crippen LogP contribution in [0.5, 0.6) is 5.75 Å². The molecule has 4 heterocycles. The molecule has 33 heavy (non-hydrogen) atoms. The Morgan fingerprint density at radius 3 is 2.58 bits per heavy atom. The summed E-state index contributed by atoms with van der Waals surface area (Å²) < 4.78 is 6.20. The van der Waals surface area contributed by atoms with Gasteiger partial charge in [-0.15, -0.1) is 0 Å². The zero-order chi connectivity index (χ0) is 22.0. The van der Waals surface area contributed by atoms with E-state index in [1.165, 1.54) is 24.8 Å². The molecule has 4 aromatic heterocycles. The summed E-state index contributed by atoms with van der Waals surface area (Å²) in [6.45, 7) is 0. The number of nitrogens with one attached hydrogen (secondary N) is 2. The maximum atomic E-state index is 6.20. The van der Waals surface area contributed by atoms with Crippen LogP contribution in [0, 0.1) is 0 Å². The first-order chi connectivity index (χ1) is 16.3. The zero-order valence-corrected chi connectivity index (χ0v) is 18.3. The molecule has 164 valence electrons. The SMILES string of the molecule is c1cc(-c2ccncc2)c2cc(-c3cc(-c4cncc(OC5CCCCC5)c4)[nH]n3)[nH]c2c1. The summed E-state index contributed by atoms with van der Waals surface area (Å²) >= 11 is 0. The largest absolute Gasteiger partial charge is 0.489 e. The van der Waals surface area contributed by atoms with Gasteiger partial charge in [0.15, 0.2) is 0 Å². The summed E-state index contributed by atoms with van der Waals surface area (Å²) in [4.78, 5) is 12.1. The van der Waals surface area contributed by atoms with Gasteiger partial charge in [-0.05, 0) is 73.2 Å². The Kier molecular flexibility index (Phi) is 5.11. The first-order valence-corrected chi connectivity index (χ1v) is 11.5. The molecular weight excluding hydrogens is 410 g/mol. The number of ether oxygens (including phenoxy) is 1. The van der Waals surface area contributed by atoms with Gasteiger partial charge in [0.1, 0.15) is 11.4 Å². The number of benzene rings is 1. The maximum Gasteiger partial charge on any atom is 0.138 e. The Bertz CT molecular complexity index is 1380. The summed E-state index contributed by atoms with van der Waals surface area (Å²) in [5.74, 6) is 0.822. The van der Waals surface area contributed by atoms with Crippen LogP contribution in [-0.4, -0.2) is 31.3 Å². The number of hydrogen-bond donors (Lipinski definition) is 2. The lowest BCUT2D eigenvalue weighted by molar-refractivity contribution is 0.154. The van der Waals surface area contributed by atoms with E-state index in [1.54, 1.807) is 6.20 Å². The number of rotatable bonds is 5. The van der Waals surface area contributed by atoms with Crippen LogP contribution < -0.4 is 4.74 Å². The summed E-state index contributed by atoms with van der Waals surface area (Å²) in [6.07, 6.45) is 13.6. The first-order valence-electron chi connectivity index (χ1n) is 11.5. The van der Waals surface area contributed by atoms with Gasteiger partial charge in [0.05, 0.1) is 23.7 Å². The molecule has 1 aromatic carbocycles. The van der Waals surface area contributed by atoms with Crippen molar-refractivity contribution in [1.82, 2.24) is 25.1 Å². The van der Waals surface area contributed by atoms with Gasteiger partial charge < -0.3 is 9.72 Å². The fourth-order valence-corrected chi connectivity index (χ4v) is 4.69. The van der Waals surface area contributed by atoms with Crippen molar-refractivity contribution < 1.29 is 4.74 Å². The third-order valence-electron chi connectivity index (χ3n) is 6.39. The Morgan fingerprint density at radius 2 is 1.70 bits per heavy atom. The second kappa shape index (κ2) is 8.54. The lowest BCUT2D eigenvalue weighted by atomic mass is 9.98. The van der Waals surface area contributed by atoms with Crippen molar-refractivity contribution >= 4 is 10.9 Å². The molecule has 0 saturated heterocycles. The third-order valence-corrected chi connectivity index (χ3v) is 6.39. The molecule has 0 amide bonds. The molecule has 0 spiro atoms. The quantitative estimate of drug-likeness (QED) is 0.335. The van der Waals surface area contributed by atoms with Crippen LogP contribution in [0.25, 0.3) is 44.7 Å². The van der Waals surface area contributed by atoms with Crippen molar-refractivity contribution in [2.75, 3.05) is 0 Å². The Morgan fingerprint density at radius 1 is 0.818 bits per heavy atom. The van der Waals surface area contributed by atoms with E-state index < -0.39 is 0 Å². The number of pyridine rings is 2. The van der Waals surface area contributed by atoms with Crippen LogP contribution in [0.15, 0.2) is 73.3 Å². The predicted octanol–water partition coefficient (Wildman–Crippen LogP) is 6.39. The van der Waals surface area contributed by atoms with Crippen LogP contribution >= 0.6 is 0 Å². The minimum atomic E-state index is 0.300. The van der Waals surface area contributed by atoms with Gasteiger partial charge in [-0.1, -0.05) is 18.6 Å². The van der Waals surface area contributed by atoms with Crippen molar-refractivity contribution in [2.45, 2.75) is 38.2 Å². The monoisotopic (exact) mass is 435 g/mol. The summed E-state index contributed by atoms with van der Waals surface area (Å²) in [5.41, 5.74) is 7.11. The van der Waals surface area contributed by atoms with Gasteiger partial charge in [0, 0.05) is 35.1 Å². The van der Waals surface area contributed by atoms with Gasteiger partial charge in [-0.25, -0.2) is 0 Å². The molecule has 5 aromatic rings. The molecule has 1 aliphatic rings. The predicted molar refractivity (Wildman–Crippen MR) is 130 cm³/mol. The fraction of sp³-hybridized carbons (Fsp3) is 0.222. The van der Waals surface area contributed by atoms with Gasteiger partial charge in [-0.2, -0.15) is 5.10 Å². The van der Waals surface area contributed by atoms with Gasteiger partial charge in [0.2, 0.25) is 0 Å². The number of aromatic nitrogens is 5. The van der Waals surface area contributed by atoms with E-state index in [4.69, 9.17) is 4.74 Å². The van der Waals surface area contributed by atoms with E-state index in [-0.39, 0.29) is 0 Å². The van der Waals surface area contributed by atoms with E-state index in [0.29, 0.717) is 6.10 Å². The number of fused-ring (bicyclic) bond motifs is 1. The van der Waals surface area contributed by atoms with Crippen LogP contribution in [0.2, 0.25) is 0 Å². The molecule has 0 atom stereocenters. The topological polar surface area (TPSA) is 79.5 Å². The highest BCUT2D eigenvalue weighted by atomic mass is 16.5. The molecule has 1 saturated carbocycles. The normalized spacial score (nSPS) is 14.5. The highest BCUT2D eigenvalue weighted by Crippen LogP contribution is 2.33. The number of nitrogens with zero attached hydrogens (tertiary/aromatic N) is 3. The molecule has 6 rings (SSSR count). The fourth-order valence-electron chi connectivity index (χ4n) is 4.69. The van der Waals surface area contributed by atoms with Gasteiger partial charge in [0.25, 0.3) is 0 Å². The minimum Gasteiger partial charge on any atom is -0.489 e. The molecule has 0 bridgehead atoms. The van der Waals surface area contributed by atoms with Gasteiger partial charge in [-0.3, -0.25) is 15.1 Å². The van der Waals surface area contributed by atoms with Crippen molar-refractivity contribution in [3.05, 3.63) is 73.3 Å². The summed E-state index contributed by atoms with van der Waals surface area (Å²) in [7, 11) is 0. The second-order valence-corrected chi connectivity index (χ2v) is 8.64. The average molecular weight is 436 g/mol. The number of hydrogen-bond acceptors (Lipinski definition) is 4. The van der Waals surface area contributed by atoms with Crippen molar-refractivity contribution in [3.8, 4) is 39.5 Å². The van der Waals surface area contributed by atoms with Crippen molar-refractivity contribution in [2.24, 2.45) is 0 Å². The van der Waals surface area contributed by atoms with E-state index in [9.17, 15) is 0 Å². The second-order valence-electron chi connectivity index (χ2n) is 8.64. The number of H-pyrrole nitrogens is 2. The van der Waals surface area contributed by atoms with Crippen LogP contribution in [0.3, 0.4) is 0 Å². The molecule has 2 N–H and O–H groups in total. The smallest absolute Gasteiger partial charge is 0.138 e. The highest BCUT2D eigenvalue weighted by molar-refractivity contribution is 5.98. The van der Waals surface area contributed by atoms with Crippen molar-refractivity contribution in [1.29, 1.82) is 0 Å². The summed E-state index contributed by atoms with van der Waals surface area (Å²) in [5, 5.41) is 8.90. The Hall–Kier alpha value is -3.93. The van der Waals surface area contributed by atoms with Crippen LogP contribution in [0.4, 0.5) is 0 Å². The molecule has 1 aliphatic carbocycles. The lowest BCUT2D eigenvalue weighted by Crippen LogP contribution is -2.19. The number of aromatic amines is 2. The Labute approximate surface area is 192 Å². The van der Waals surface area contributed by atoms with E-state index in [2.05, 4.69) is 55.5 Å². The average Bonchev–Trinajstić information content (AvgIpc) is 3.53. The van der Waals surface area contributed by atoms with E-state index >= 15 is 0 Å². The van der Waals surface area contributed by atoms with Crippen LogP contribution in [0.1, 0.15) is 32.1 Å². The molecule has 6 heteroatoms. The molecule has 6 nitrogen and oxygen atoms in total. The standard InChI is InChI=1S/C27H25N5O/c1-2-5-20(6-3-1)33-21-13-19(16-29-17-21)25-15-27(32-31-25)26-14-23-22(7-4-8-24(23)30-26)18-9-11-28-12-10-18/h4,7-17,20,30H,1-3,5-6H2,(H,31,32).